The molecule has 2 aromatic rings. The molecule has 2 unspecified atom stereocenters. The second kappa shape index (κ2) is 4.74. The molecule has 0 aliphatic carbocycles. The SMILES string of the molecule is Cc1ccc(Sc2cn(C(C)C3CO3)nn2)cc1. The zero-order valence-corrected chi connectivity index (χ0v) is 11.2. The van der Waals surface area contributed by atoms with Crippen molar-refractivity contribution in [1.82, 2.24) is 15.0 Å². The van der Waals surface area contributed by atoms with Crippen molar-refractivity contribution in [1.29, 1.82) is 0 Å². The Morgan fingerprint density at radius 2 is 2.11 bits per heavy atom. The molecule has 1 aromatic carbocycles. The first-order chi connectivity index (χ1) is 8.72. The van der Waals surface area contributed by atoms with Gasteiger partial charge in [-0.25, -0.2) is 4.68 Å². The molecular weight excluding hydrogens is 246 g/mol. The zero-order chi connectivity index (χ0) is 12.5. The van der Waals surface area contributed by atoms with Crippen molar-refractivity contribution in [2.24, 2.45) is 0 Å². The highest BCUT2D eigenvalue weighted by Gasteiger charge is 2.31. The zero-order valence-electron chi connectivity index (χ0n) is 10.4. The number of aryl methyl sites for hydroxylation is 1. The molecule has 0 bridgehead atoms. The third-order valence-electron chi connectivity index (χ3n) is 3.05. The second-order valence-electron chi connectivity index (χ2n) is 4.56. The Morgan fingerprint density at radius 1 is 1.39 bits per heavy atom. The van der Waals surface area contributed by atoms with Gasteiger partial charge in [0, 0.05) is 4.90 Å². The Morgan fingerprint density at radius 3 is 2.78 bits per heavy atom. The van der Waals surface area contributed by atoms with Crippen molar-refractivity contribution in [3.05, 3.63) is 36.0 Å². The molecule has 1 fully saturated rings. The highest BCUT2D eigenvalue weighted by Crippen LogP contribution is 2.28. The van der Waals surface area contributed by atoms with Crippen LogP contribution < -0.4 is 0 Å². The van der Waals surface area contributed by atoms with Gasteiger partial charge in [0.1, 0.15) is 11.1 Å². The first kappa shape index (κ1) is 11.7. The van der Waals surface area contributed by atoms with Crippen LogP contribution in [0.5, 0.6) is 0 Å². The third-order valence-corrected chi connectivity index (χ3v) is 3.95. The van der Waals surface area contributed by atoms with E-state index < -0.39 is 0 Å². The fourth-order valence-corrected chi connectivity index (χ4v) is 2.49. The number of ether oxygens (including phenoxy) is 1. The van der Waals surface area contributed by atoms with Crippen LogP contribution in [0, 0.1) is 6.92 Å². The molecule has 0 N–H and O–H groups in total. The Bertz CT molecular complexity index is 533. The minimum absolute atomic E-state index is 0.268. The summed E-state index contributed by atoms with van der Waals surface area (Å²) in [5.41, 5.74) is 1.27. The Balaban J connectivity index is 1.71. The van der Waals surface area contributed by atoms with Crippen LogP contribution in [0.2, 0.25) is 0 Å². The van der Waals surface area contributed by atoms with Gasteiger partial charge in [-0.3, -0.25) is 0 Å². The Kier molecular flexibility index (Phi) is 3.09. The van der Waals surface area contributed by atoms with E-state index in [0.29, 0.717) is 6.10 Å². The number of benzene rings is 1. The molecule has 1 aliphatic rings. The number of hydrogen-bond donors (Lipinski definition) is 0. The van der Waals surface area contributed by atoms with Crippen molar-refractivity contribution in [2.45, 2.75) is 35.9 Å². The predicted octanol–water partition coefficient (Wildman–Crippen LogP) is 2.70. The van der Waals surface area contributed by atoms with Crippen molar-refractivity contribution < 1.29 is 4.74 Å². The summed E-state index contributed by atoms with van der Waals surface area (Å²) < 4.78 is 7.15. The Labute approximate surface area is 110 Å². The number of hydrogen-bond acceptors (Lipinski definition) is 4. The molecule has 0 amide bonds. The van der Waals surface area contributed by atoms with Crippen molar-refractivity contribution in [2.75, 3.05) is 6.61 Å². The molecule has 0 spiro atoms. The van der Waals surface area contributed by atoms with Gasteiger partial charge < -0.3 is 4.74 Å². The lowest BCUT2D eigenvalue weighted by molar-refractivity contribution is 0.322. The molecule has 2 heterocycles. The quantitative estimate of drug-likeness (QED) is 0.794. The first-order valence-electron chi connectivity index (χ1n) is 6.00. The van der Waals surface area contributed by atoms with Crippen molar-refractivity contribution in [3.63, 3.8) is 0 Å². The highest BCUT2D eigenvalue weighted by atomic mass is 32.2. The highest BCUT2D eigenvalue weighted by molar-refractivity contribution is 7.99. The van der Waals surface area contributed by atoms with E-state index in [1.54, 1.807) is 11.8 Å². The minimum atomic E-state index is 0.268. The van der Waals surface area contributed by atoms with E-state index in [4.69, 9.17) is 4.74 Å². The fraction of sp³-hybridized carbons (Fsp3) is 0.385. The Hall–Kier alpha value is -1.33. The molecule has 1 aromatic heterocycles. The molecular formula is C13H15N3OS. The molecule has 3 rings (SSSR count). The molecule has 1 aliphatic heterocycles. The molecule has 0 radical (unpaired) electrons. The fourth-order valence-electron chi connectivity index (χ4n) is 1.74. The summed E-state index contributed by atoms with van der Waals surface area (Å²) in [5.74, 6) is 0. The summed E-state index contributed by atoms with van der Waals surface area (Å²) >= 11 is 1.63. The standard InChI is InChI=1S/C13H15N3OS/c1-9-3-5-11(6-4-9)18-13-7-16(15-14-13)10(2)12-8-17-12/h3-7,10,12H,8H2,1-2H3. The maximum absolute atomic E-state index is 5.27. The van der Waals surface area contributed by atoms with E-state index in [0.717, 1.165) is 11.6 Å². The van der Waals surface area contributed by atoms with E-state index in [2.05, 4.69) is 48.4 Å². The van der Waals surface area contributed by atoms with Gasteiger partial charge in [0.05, 0.1) is 18.8 Å². The van der Waals surface area contributed by atoms with E-state index in [1.807, 2.05) is 10.9 Å². The topological polar surface area (TPSA) is 43.2 Å². The largest absolute Gasteiger partial charge is 0.371 e. The van der Waals surface area contributed by atoms with Gasteiger partial charge in [0.15, 0.2) is 0 Å². The first-order valence-corrected chi connectivity index (χ1v) is 6.82. The van der Waals surface area contributed by atoms with Crippen LogP contribution in [0.15, 0.2) is 40.4 Å². The van der Waals surface area contributed by atoms with Crippen LogP contribution in [-0.2, 0) is 4.74 Å². The maximum atomic E-state index is 5.27. The summed E-state index contributed by atoms with van der Waals surface area (Å²) in [4.78, 5) is 1.18. The summed E-state index contributed by atoms with van der Waals surface area (Å²) in [6, 6.07) is 8.68. The number of aromatic nitrogens is 3. The molecule has 5 heteroatoms. The van der Waals surface area contributed by atoms with Crippen LogP contribution in [0.25, 0.3) is 0 Å². The lowest BCUT2D eigenvalue weighted by atomic mass is 10.2. The van der Waals surface area contributed by atoms with Crippen molar-refractivity contribution in [3.8, 4) is 0 Å². The minimum Gasteiger partial charge on any atom is -0.371 e. The summed E-state index contributed by atoms with van der Waals surface area (Å²) in [6.07, 6.45) is 2.29. The average molecular weight is 261 g/mol. The van der Waals surface area contributed by atoms with Gasteiger partial charge in [0.25, 0.3) is 0 Å². The van der Waals surface area contributed by atoms with Crippen molar-refractivity contribution >= 4 is 11.8 Å². The van der Waals surface area contributed by atoms with E-state index >= 15 is 0 Å². The predicted molar refractivity (Wildman–Crippen MR) is 69.8 cm³/mol. The van der Waals surface area contributed by atoms with Crippen LogP contribution in [0.1, 0.15) is 18.5 Å². The number of epoxide rings is 1. The van der Waals surface area contributed by atoms with Gasteiger partial charge in [0.2, 0.25) is 0 Å². The number of rotatable bonds is 4. The number of nitrogens with zero attached hydrogens (tertiary/aromatic N) is 3. The molecule has 1 saturated heterocycles. The third kappa shape index (κ3) is 2.57. The van der Waals surface area contributed by atoms with Crippen LogP contribution in [-0.4, -0.2) is 27.7 Å². The van der Waals surface area contributed by atoms with Gasteiger partial charge in [-0.2, -0.15) is 0 Å². The molecule has 4 nitrogen and oxygen atoms in total. The lowest BCUT2D eigenvalue weighted by Crippen LogP contribution is -2.11. The summed E-state index contributed by atoms with van der Waals surface area (Å²) in [6.45, 7) is 5.02. The summed E-state index contributed by atoms with van der Waals surface area (Å²) in [5, 5.41) is 9.26. The lowest BCUT2D eigenvalue weighted by Gasteiger charge is -2.05. The molecule has 94 valence electrons. The molecule has 0 saturated carbocycles. The van der Waals surface area contributed by atoms with Crippen LogP contribution in [0.4, 0.5) is 0 Å². The molecule has 18 heavy (non-hydrogen) atoms. The van der Waals surface area contributed by atoms with Crippen LogP contribution >= 0.6 is 11.8 Å². The van der Waals surface area contributed by atoms with E-state index in [9.17, 15) is 0 Å². The normalized spacial score (nSPS) is 19.8. The maximum Gasteiger partial charge on any atom is 0.143 e. The second-order valence-corrected chi connectivity index (χ2v) is 5.66. The van der Waals surface area contributed by atoms with E-state index in [1.165, 1.54) is 10.5 Å². The van der Waals surface area contributed by atoms with Crippen LogP contribution in [0.3, 0.4) is 0 Å². The van der Waals surface area contributed by atoms with Gasteiger partial charge in [-0.05, 0) is 26.0 Å². The summed E-state index contributed by atoms with van der Waals surface area (Å²) in [7, 11) is 0. The smallest absolute Gasteiger partial charge is 0.143 e. The monoisotopic (exact) mass is 261 g/mol. The van der Waals surface area contributed by atoms with E-state index in [-0.39, 0.29) is 6.04 Å². The average Bonchev–Trinajstić information content (AvgIpc) is 3.12. The van der Waals surface area contributed by atoms with Gasteiger partial charge in [-0.1, -0.05) is 34.7 Å². The molecule has 2 atom stereocenters. The van der Waals surface area contributed by atoms with Gasteiger partial charge >= 0.3 is 0 Å². The van der Waals surface area contributed by atoms with Gasteiger partial charge in [-0.15, -0.1) is 5.10 Å².